The highest BCUT2D eigenvalue weighted by Crippen LogP contribution is 2.32. The molecule has 0 saturated carbocycles. The third kappa shape index (κ3) is 3.02. The number of hydrogen-bond donors (Lipinski definition) is 1. The van der Waals surface area contributed by atoms with Crippen LogP contribution in [0.1, 0.15) is 5.56 Å². The number of benzene rings is 1. The fraction of sp³-hybridized carbons (Fsp3) is 0.0833. The van der Waals surface area contributed by atoms with E-state index in [1.54, 1.807) is 0 Å². The van der Waals surface area contributed by atoms with E-state index in [4.69, 9.17) is 0 Å². The molecule has 1 aromatic carbocycles. The molecular weight excluding hydrogens is 275 g/mol. The number of rotatable bonds is 3. The molecule has 0 atom stereocenters. The first-order chi connectivity index (χ1) is 9.38. The lowest BCUT2D eigenvalue weighted by Gasteiger charge is -2.10. The number of nitrogens with zero attached hydrogens (tertiary/aromatic N) is 2. The topological polar surface area (TPSA) is 68.1 Å². The number of pyridine rings is 1. The van der Waals surface area contributed by atoms with E-state index < -0.39 is 16.7 Å². The number of aromatic nitrogens is 1. The molecule has 0 saturated heterocycles. The lowest BCUT2D eigenvalue weighted by molar-refractivity contribution is -0.384. The van der Waals surface area contributed by atoms with Crippen LogP contribution >= 0.6 is 0 Å². The molecule has 8 heteroatoms. The van der Waals surface area contributed by atoms with Gasteiger partial charge >= 0.3 is 11.9 Å². The van der Waals surface area contributed by atoms with E-state index in [1.807, 2.05) is 0 Å². The Morgan fingerprint density at radius 2 is 1.95 bits per heavy atom. The van der Waals surface area contributed by atoms with Gasteiger partial charge in [0.1, 0.15) is 0 Å². The van der Waals surface area contributed by atoms with Gasteiger partial charge in [0.15, 0.2) is 0 Å². The Kier molecular flexibility index (Phi) is 3.55. The standard InChI is InChI=1S/C12H8F3N3O2/c13-12(14,15)8-3-1-4-9(7-8)17-11-10(18(19)20)5-2-6-16-11/h1-7H,(H,16,17). The molecule has 1 aromatic heterocycles. The second kappa shape index (κ2) is 5.16. The Labute approximate surface area is 111 Å². The maximum Gasteiger partial charge on any atom is 0.416 e. The van der Waals surface area contributed by atoms with Gasteiger partial charge in [0.2, 0.25) is 5.82 Å². The molecule has 1 N–H and O–H groups in total. The molecule has 0 amide bonds. The molecule has 20 heavy (non-hydrogen) atoms. The number of alkyl halides is 3. The molecule has 2 aromatic rings. The number of nitrogens with one attached hydrogen (secondary N) is 1. The zero-order valence-corrected chi connectivity index (χ0v) is 9.89. The van der Waals surface area contributed by atoms with Crippen molar-refractivity contribution in [3.05, 3.63) is 58.3 Å². The zero-order valence-electron chi connectivity index (χ0n) is 9.89. The van der Waals surface area contributed by atoms with Crippen LogP contribution < -0.4 is 5.32 Å². The molecule has 0 radical (unpaired) electrons. The molecule has 0 spiro atoms. The van der Waals surface area contributed by atoms with Crippen molar-refractivity contribution in [3.63, 3.8) is 0 Å². The van der Waals surface area contributed by atoms with Crippen LogP contribution in [-0.2, 0) is 6.18 Å². The Hall–Kier alpha value is -2.64. The second-order valence-corrected chi connectivity index (χ2v) is 3.83. The third-order valence-corrected chi connectivity index (χ3v) is 2.44. The summed E-state index contributed by atoms with van der Waals surface area (Å²) in [5.41, 5.74) is -1.09. The van der Waals surface area contributed by atoms with E-state index in [0.717, 1.165) is 12.1 Å². The predicted molar refractivity (Wildman–Crippen MR) is 65.6 cm³/mol. The Bertz CT molecular complexity index is 644. The Morgan fingerprint density at radius 3 is 2.60 bits per heavy atom. The van der Waals surface area contributed by atoms with E-state index in [-0.39, 0.29) is 17.2 Å². The Balaban J connectivity index is 2.34. The van der Waals surface area contributed by atoms with Gasteiger partial charge in [-0.05, 0) is 24.3 Å². The van der Waals surface area contributed by atoms with Crippen LogP contribution in [0.3, 0.4) is 0 Å². The molecule has 1 heterocycles. The van der Waals surface area contributed by atoms with Crippen molar-refractivity contribution in [3.8, 4) is 0 Å². The molecule has 104 valence electrons. The molecule has 2 rings (SSSR count). The van der Waals surface area contributed by atoms with Gasteiger partial charge in [-0.1, -0.05) is 6.07 Å². The normalized spacial score (nSPS) is 11.2. The van der Waals surface area contributed by atoms with Crippen molar-refractivity contribution in [2.45, 2.75) is 6.18 Å². The van der Waals surface area contributed by atoms with Gasteiger partial charge < -0.3 is 5.32 Å². The second-order valence-electron chi connectivity index (χ2n) is 3.83. The lowest BCUT2D eigenvalue weighted by atomic mass is 10.2. The largest absolute Gasteiger partial charge is 0.416 e. The quantitative estimate of drug-likeness (QED) is 0.688. The fourth-order valence-electron chi connectivity index (χ4n) is 1.55. The molecular formula is C12H8F3N3O2. The summed E-state index contributed by atoms with van der Waals surface area (Å²) in [5, 5.41) is 13.3. The highest BCUT2D eigenvalue weighted by Gasteiger charge is 2.30. The van der Waals surface area contributed by atoms with Crippen molar-refractivity contribution in [1.29, 1.82) is 0 Å². The predicted octanol–water partition coefficient (Wildman–Crippen LogP) is 3.75. The summed E-state index contributed by atoms with van der Waals surface area (Å²) in [6.07, 6.45) is -3.17. The van der Waals surface area contributed by atoms with Crippen molar-refractivity contribution in [2.75, 3.05) is 5.32 Å². The van der Waals surface area contributed by atoms with Crippen molar-refractivity contribution in [1.82, 2.24) is 4.98 Å². The van der Waals surface area contributed by atoms with Gasteiger partial charge in [-0.3, -0.25) is 10.1 Å². The van der Waals surface area contributed by atoms with E-state index in [1.165, 1.54) is 30.5 Å². The summed E-state index contributed by atoms with van der Waals surface area (Å²) in [7, 11) is 0. The first-order valence-electron chi connectivity index (χ1n) is 5.41. The highest BCUT2D eigenvalue weighted by molar-refractivity contribution is 5.65. The minimum absolute atomic E-state index is 0.0709. The number of hydrogen-bond acceptors (Lipinski definition) is 4. The summed E-state index contributed by atoms with van der Waals surface area (Å²) < 4.78 is 37.7. The molecule has 0 fully saturated rings. The summed E-state index contributed by atoms with van der Waals surface area (Å²) in [4.78, 5) is 13.9. The van der Waals surface area contributed by atoms with E-state index in [2.05, 4.69) is 10.3 Å². The Morgan fingerprint density at radius 1 is 1.20 bits per heavy atom. The number of nitro groups is 1. The van der Waals surface area contributed by atoms with Gasteiger partial charge in [0, 0.05) is 18.0 Å². The number of anilines is 2. The molecule has 0 unspecified atom stereocenters. The van der Waals surface area contributed by atoms with E-state index >= 15 is 0 Å². The summed E-state index contributed by atoms with van der Waals surface area (Å²) in [6.45, 7) is 0. The fourth-order valence-corrected chi connectivity index (χ4v) is 1.55. The van der Waals surface area contributed by atoms with Crippen LogP contribution in [-0.4, -0.2) is 9.91 Å². The molecule has 0 aliphatic carbocycles. The summed E-state index contributed by atoms with van der Waals surface area (Å²) in [5.74, 6) is -0.114. The average molecular weight is 283 g/mol. The van der Waals surface area contributed by atoms with Crippen LogP contribution in [0.5, 0.6) is 0 Å². The maximum atomic E-state index is 12.6. The van der Waals surface area contributed by atoms with Gasteiger partial charge in [0.25, 0.3) is 0 Å². The van der Waals surface area contributed by atoms with Crippen LogP contribution in [0.2, 0.25) is 0 Å². The van der Waals surface area contributed by atoms with E-state index in [0.29, 0.717) is 0 Å². The first kappa shape index (κ1) is 13.8. The smallest absolute Gasteiger partial charge is 0.334 e. The summed E-state index contributed by atoms with van der Waals surface area (Å²) in [6, 6.07) is 6.93. The minimum atomic E-state index is -4.48. The zero-order chi connectivity index (χ0) is 14.8. The highest BCUT2D eigenvalue weighted by atomic mass is 19.4. The van der Waals surface area contributed by atoms with Crippen molar-refractivity contribution >= 4 is 17.2 Å². The molecule has 5 nitrogen and oxygen atoms in total. The average Bonchev–Trinajstić information content (AvgIpc) is 2.38. The molecule has 0 bridgehead atoms. The van der Waals surface area contributed by atoms with Crippen molar-refractivity contribution in [2.24, 2.45) is 0 Å². The van der Waals surface area contributed by atoms with Crippen LogP contribution in [0.4, 0.5) is 30.4 Å². The number of halogens is 3. The minimum Gasteiger partial charge on any atom is -0.334 e. The van der Waals surface area contributed by atoms with Crippen LogP contribution in [0, 0.1) is 10.1 Å². The molecule has 0 aliphatic heterocycles. The van der Waals surface area contributed by atoms with Crippen molar-refractivity contribution < 1.29 is 18.1 Å². The third-order valence-electron chi connectivity index (χ3n) is 2.44. The summed E-state index contributed by atoms with van der Waals surface area (Å²) >= 11 is 0. The maximum absolute atomic E-state index is 12.6. The SMILES string of the molecule is O=[N+]([O-])c1cccnc1Nc1cccc(C(F)(F)F)c1. The van der Waals surface area contributed by atoms with Gasteiger partial charge in [-0.2, -0.15) is 13.2 Å². The molecule has 0 aliphatic rings. The van der Waals surface area contributed by atoms with Crippen LogP contribution in [0.15, 0.2) is 42.6 Å². The monoisotopic (exact) mass is 283 g/mol. The van der Waals surface area contributed by atoms with Gasteiger partial charge in [-0.15, -0.1) is 0 Å². The first-order valence-corrected chi connectivity index (χ1v) is 5.41. The lowest BCUT2D eigenvalue weighted by Crippen LogP contribution is -2.05. The van der Waals surface area contributed by atoms with Gasteiger partial charge in [0.05, 0.1) is 10.5 Å². The van der Waals surface area contributed by atoms with Crippen LogP contribution in [0.25, 0.3) is 0 Å². The van der Waals surface area contributed by atoms with E-state index in [9.17, 15) is 23.3 Å². The van der Waals surface area contributed by atoms with Gasteiger partial charge in [-0.25, -0.2) is 4.98 Å².